The van der Waals surface area contributed by atoms with Crippen molar-refractivity contribution in [1.29, 1.82) is 0 Å². The predicted octanol–water partition coefficient (Wildman–Crippen LogP) is 3.43. The number of aromatic nitrogens is 4. The van der Waals surface area contributed by atoms with Crippen LogP contribution in [0.5, 0.6) is 0 Å². The number of anilines is 1. The van der Waals surface area contributed by atoms with Crippen LogP contribution in [0.15, 0.2) is 42.9 Å². The Morgan fingerprint density at radius 2 is 2.00 bits per heavy atom. The summed E-state index contributed by atoms with van der Waals surface area (Å²) in [6, 6.07) is 6.33. The zero-order valence-corrected chi connectivity index (χ0v) is 15.7. The molecule has 2 aromatic heterocycles. The minimum Gasteiger partial charge on any atom is -0.357 e. The number of halogens is 2. The van der Waals surface area contributed by atoms with Crippen LogP contribution in [0.1, 0.15) is 18.2 Å². The molecular weight excluding hydrogens is 375 g/mol. The van der Waals surface area contributed by atoms with Crippen LogP contribution in [0.25, 0.3) is 0 Å². The van der Waals surface area contributed by atoms with Crippen LogP contribution < -0.4 is 10.6 Å². The average Bonchev–Trinajstić information content (AvgIpc) is 3.21. The fourth-order valence-electron chi connectivity index (χ4n) is 2.35. The number of rotatable bonds is 6. The summed E-state index contributed by atoms with van der Waals surface area (Å²) in [5, 5.41) is 15.8. The molecule has 26 heavy (non-hydrogen) atoms. The van der Waals surface area contributed by atoms with Gasteiger partial charge in [-0.3, -0.25) is 9.36 Å². The Hall–Kier alpha value is -2.45. The van der Waals surface area contributed by atoms with E-state index in [4.69, 9.17) is 23.8 Å². The first-order valence-corrected chi connectivity index (χ1v) is 8.85. The van der Waals surface area contributed by atoms with E-state index in [1.165, 1.54) is 12.1 Å². The Kier molecular flexibility index (Phi) is 5.85. The van der Waals surface area contributed by atoms with Crippen molar-refractivity contribution in [3.63, 3.8) is 0 Å². The van der Waals surface area contributed by atoms with Gasteiger partial charge >= 0.3 is 0 Å². The van der Waals surface area contributed by atoms with Crippen LogP contribution in [-0.2, 0) is 19.6 Å². The number of hydrogen-bond donors (Lipinski definition) is 2. The highest BCUT2D eigenvalue weighted by Crippen LogP contribution is 2.14. The summed E-state index contributed by atoms with van der Waals surface area (Å²) in [5.74, 6) is -0.253. The van der Waals surface area contributed by atoms with Crippen LogP contribution in [0.3, 0.4) is 0 Å². The Balaban J connectivity index is 1.52. The van der Waals surface area contributed by atoms with Gasteiger partial charge < -0.3 is 10.6 Å². The quantitative estimate of drug-likeness (QED) is 0.629. The highest BCUT2D eigenvalue weighted by Gasteiger charge is 2.07. The normalized spacial score (nSPS) is 10.7. The van der Waals surface area contributed by atoms with Gasteiger partial charge in [-0.25, -0.2) is 4.39 Å². The van der Waals surface area contributed by atoms with Gasteiger partial charge in [-0.2, -0.15) is 10.2 Å². The van der Waals surface area contributed by atoms with Gasteiger partial charge in [-0.05, 0) is 36.8 Å². The van der Waals surface area contributed by atoms with Gasteiger partial charge in [0.2, 0.25) is 0 Å². The van der Waals surface area contributed by atoms with Gasteiger partial charge in [-0.1, -0.05) is 23.7 Å². The fraction of sp³-hybridized carbons (Fsp3) is 0.235. The lowest BCUT2D eigenvalue weighted by atomic mass is 10.2. The lowest BCUT2D eigenvalue weighted by Gasteiger charge is -2.07. The SMILES string of the molecule is CCn1cc(Cl)c(CNC(=S)Nc2cnn(Cc3ccc(F)cc3)c2)n1. The van der Waals surface area contributed by atoms with Crippen molar-refractivity contribution in [3.05, 3.63) is 65.0 Å². The first-order chi connectivity index (χ1) is 12.5. The summed E-state index contributed by atoms with van der Waals surface area (Å²) in [4.78, 5) is 0. The van der Waals surface area contributed by atoms with Crippen LogP contribution >= 0.6 is 23.8 Å². The van der Waals surface area contributed by atoms with Crippen LogP contribution in [0.2, 0.25) is 5.02 Å². The molecular formula is C17H18ClFN6S. The molecule has 0 spiro atoms. The Labute approximate surface area is 161 Å². The van der Waals surface area contributed by atoms with Gasteiger partial charge in [-0.15, -0.1) is 0 Å². The molecule has 0 radical (unpaired) electrons. The second kappa shape index (κ2) is 8.29. The summed E-state index contributed by atoms with van der Waals surface area (Å²) in [5.41, 5.74) is 2.46. The van der Waals surface area contributed by atoms with Gasteiger partial charge in [0.15, 0.2) is 5.11 Å². The lowest BCUT2D eigenvalue weighted by Crippen LogP contribution is -2.28. The molecule has 6 nitrogen and oxygen atoms in total. The monoisotopic (exact) mass is 392 g/mol. The first kappa shape index (κ1) is 18.3. The highest BCUT2D eigenvalue weighted by molar-refractivity contribution is 7.80. The van der Waals surface area contributed by atoms with Crippen molar-refractivity contribution < 1.29 is 4.39 Å². The Bertz CT molecular complexity index is 889. The first-order valence-electron chi connectivity index (χ1n) is 8.07. The third-order valence-corrected chi connectivity index (χ3v) is 4.24. The van der Waals surface area contributed by atoms with E-state index in [0.29, 0.717) is 23.2 Å². The molecule has 0 saturated heterocycles. The van der Waals surface area contributed by atoms with E-state index in [1.54, 1.807) is 33.9 Å². The minimum absolute atomic E-state index is 0.253. The van der Waals surface area contributed by atoms with E-state index >= 15 is 0 Å². The standard InChI is InChI=1S/C17H18ClFN6S/c1-2-24-11-15(18)16(23-24)8-20-17(26)22-14-7-21-25(10-14)9-12-3-5-13(19)6-4-12/h3-7,10-11H,2,8-9H2,1H3,(H2,20,22,26). The Morgan fingerprint density at radius 1 is 1.23 bits per heavy atom. The maximum atomic E-state index is 12.9. The summed E-state index contributed by atoms with van der Waals surface area (Å²) < 4.78 is 16.5. The maximum Gasteiger partial charge on any atom is 0.171 e. The maximum absolute atomic E-state index is 12.9. The molecule has 0 aliphatic carbocycles. The highest BCUT2D eigenvalue weighted by atomic mass is 35.5. The van der Waals surface area contributed by atoms with Crippen molar-refractivity contribution in [2.45, 2.75) is 26.6 Å². The van der Waals surface area contributed by atoms with E-state index in [0.717, 1.165) is 23.5 Å². The molecule has 1 aromatic carbocycles. The van der Waals surface area contributed by atoms with Gasteiger partial charge in [0, 0.05) is 18.9 Å². The third-order valence-electron chi connectivity index (χ3n) is 3.68. The van der Waals surface area contributed by atoms with Crippen LogP contribution in [0.4, 0.5) is 10.1 Å². The third kappa shape index (κ3) is 4.80. The predicted molar refractivity (Wildman–Crippen MR) is 104 cm³/mol. The molecule has 0 bridgehead atoms. The van der Waals surface area contributed by atoms with Gasteiger partial charge in [0.1, 0.15) is 11.5 Å². The topological polar surface area (TPSA) is 59.7 Å². The number of aryl methyl sites for hydroxylation is 1. The summed E-state index contributed by atoms with van der Waals surface area (Å²) in [6.07, 6.45) is 5.29. The zero-order chi connectivity index (χ0) is 18.5. The van der Waals surface area contributed by atoms with E-state index in [1.807, 2.05) is 13.1 Å². The van der Waals surface area contributed by atoms with Gasteiger partial charge in [0.05, 0.1) is 30.0 Å². The van der Waals surface area contributed by atoms with Crippen molar-refractivity contribution in [1.82, 2.24) is 24.9 Å². The lowest BCUT2D eigenvalue weighted by molar-refractivity contribution is 0.624. The molecule has 136 valence electrons. The molecule has 2 heterocycles. The van der Waals surface area contributed by atoms with Gasteiger partial charge in [0.25, 0.3) is 0 Å². The Morgan fingerprint density at radius 3 is 2.69 bits per heavy atom. The van der Waals surface area contributed by atoms with E-state index in [2.05, 4.69) is 20.8 Å². The second-order valence-electron chi connectivity index (χ2n) is 5.64. The van der Waals surface area contributed by atoms with Crippen molar-refractivity contribution in [2.75, 3.05) is 5.32 Å². The average molecular weight is 393 g/mol. The van der Waals surface area contributed by atoms with E-state index in [9.17, 15) is 4.39 Å². The van der Waals surface area contributed by atoms with Crippen molar-refractivity contribution in [3.8, 4) is 0 Å². The molecule has 0 unspecified atom stereocenters. The summed E-state index contributed by atoms with van der Waals surface area (Å²) in [7, 11) is 0. The second-order valence-corrected chi connectivity index (χ2v) is 6.46. The minimum atomic E-state index is -0.253. The van der Waals surface area contributed by atoms with Crippen molar-refractivity contribution in [2.24, 2.45) is 0 Å². The molecule has 2 N–H and O–H groups in total. The molecule has 9 heteroatoms. The smallest absolute Gasteiger partial charge is 0.171 e. The summed E-state index contributed by atoms with van der Waals surface area (Å²) in [6.45, 7) is 3.74. The molecule has 0 aliphatic rings. The fourth-order valence-corrected chi connectivity index (χ4v) is 2.76. The molecule has 3 aromatic rings. The summed E-state index contributed by atoms with van der Waals surface area (Å²) >= 11 is 11.4. The number of benzene rings is 1. The molecule has 0 fully saturated rings. The molecule has 0 amide bonds. The molecule has 0 atom stereocenters. The largest absolute Gasteiger partial charge is 0.357 e. The van der Waals surface area contributed by atoms with Crippen molar-refractivity contribution >= 4 is 34.6 Å². The number of nitrogens with one attached hydrogen (secondary N) is 2. The van der Waals surface area contributed by atoms with E-state index < -0.39 is 0 Å². The number of nitrogens with zero attached hydrogens (tertiary/aromatic N) is 4. The molecule has 0 saturated carbocycles. The number of thiocarbonyl (C=S) groups is 1. The van der Waals surface area contributed by atoms with Crippen LogP contribution in [0, 0.1) is 5.82 Å². The van der Waals surface area contributed by atoms with Crippen LogP contribution in [-0.4, -0.2) is 24.7 Å². The number of hydrogen-bond acceptors (Lipinski definition) is 3. The molecule has 0 aliphatic heterocycles. The zero-order valence-electron chi connectivity index (χ0n) is 14.1. The molecule has 3 rings (SSSR count). The van der Waals surface area contributed by atoms with E-state index in [-0.39, 0.29) is 5.82 Å².